The minimum absolute atomic E-state index is 0.119. The van der Waals surface area contributed by atoms with E-state index >= 15 is 0 Å². The Morgan fingerprint density at radius 3 is 1.94 bits per heavy atom. The monoisotopic (exact) mass is 431 g/mol. The Hall–Kier alpha value is -4.44. The summed E-state index contributed by atoms with van der Waals surface area (Å²) in [6.45, 7) is 0. The topological polar surface area (TPSA) is 47.8 Å². The van der Waals surface area contributed by atoms with Gasteiger partial charge in [-0.1, -0.05) is 66.7 Å². The summed E-state index contributed by atoms with van der Waals surface area (Å²) in [5, 5.41) is 0. The fourth-order valence-electron chi connectivity index (χ4n) is 4.16. The van der Waals surface area contributed by atoms with Gasteiger partial charge in [-0.25, -0.2) is 0 Å². The number of pyridine rings is 1. The van der Waals surface area contributed by atoms with Crippen LogP contribution in [0.3, 0.4) is 0 Å². The second-order valence-electron chi connectivity index (χ2n) is 7.67. The van der Waals surface area contributed by atoms with Crippen molar-refractivity contribution in [2.24, 2.45) is 0 Å². The molecule has 5 aromatic rings. The number of ketones is 2. The van der Waals surface area contributed by atoms with Crippen molar-refractivity contribution >= 4 is 17.1 Å². The molecule has 0 atom stereocenters. The summed E-state index contributed by atoms with van der Waals surface area (Å²) in [6.07, 6.45) is 1.83. The molecule has 0 radical (unpaired) electrons. The van der Waals surface area contributed by atoms with Gasteiger partial charge in [0.05, 0.1) is 18.2 Å². The highest BCUT2D eigenvalue weighted by atomic mass is 16.5. The normalized spacial score (nSPS) is 10.8. The second kappa shape index (κ2) is 8.60. The molecular weight excluding hydrogens is 410 g/mol. The average molecular weight is 431 g/mol. The van der Waals surface area contributed by atoms with Gasteiger partial charge in [0, 0.05) is 22.9 Å². The summed E-state index contributed by atoms with van der Waals surface area (Å²) >= 11 is 0. The number of ether oxygens (including phenoxy) is 1. The van der Waals surface area contributed by atoms with Gasteiger partial charge in [-0.05, 0) is 42.0 Å². The molecule has 0 aliphatic carbocycles. The summed E-state index contributed by atoms with van der Waals surface area (Å²) in [7, 11) is 1.59. The van der Waals surface area contributed by atoms with Crippen LogP contribution >= 0.6 is 0 Å². The van der Waals surface area contributed by atoms with Crippen LogP contribution in [-0.4, -0.2) is 23.1 Å². The lowest BCUT2D eigenvalue weighted by molar-refractivity contribution is 0.103. The van der Waals surface area contributed by atoms with Crippen LogP contribution in [0.1, 0.15) is 32.0 Å². The molecule has 3 aromatic carbocycles. The molecule has 0 aliphatic heterocycles. The molecular formula is C29H21NO3. The number of rotatable bonds is 6. The Morgan fingerprint density at radius 1 is 0.667 bits per heavy atom. The molecule has 0 N–H and O–H groups in total. The molecule has 4 heteroatoms. The smallest absolute Gasteiger partial charge is 0.210 e. The molecule has 4 nitrogen and oxygen atoms in total. The van der Waals surface area contributed by atoms with Gasteiger partial charge in [0.2, 0.25) is 5.78 Å². The Morgan fingerprint density at radius 2 is 1.27 bits per heavy atom. The summed E-state index contributed by atoms with van der Waals surface area (Å²) in [6, 6.07) is 31.4. The van der Waals surface area contributed by atoms with E-state index in [1.807, 2.05) is 77.3 Å². The van der Waals surface area contributed by atoms with E-state index in [0.29, 0.717) is 39.2 Å². The van der Waals surface area contributed by atoms with Crippen LogP contribution in [0.5, 0.6) is 5.75 Å². The predicted molar refractivity (Wildman–Crippen MR) is 129 cm³/mol. The standard InChI is InChI=1S/C29H21NO3/c1-33-23-17-15-22(16-18-23)29(32)27-25(20-10-4-2-5-11-20)26(24-14-8-9-19-30(24)27)28(31)21-12-6-3-7-13-21/h2-19H,1H3. The lowest BCUT2D eigenvalue weighted by Crippen LogP contribution is -2.07. The van der Waals surface area contributed by atoms with Crippen LogP contribution in [0.4, 0.5) is 0 Å². The third-order valence-electron chi connectivity index (χ3n) is 5.74. The van der Waals surface area contributed by atoms with Crippen LogP contribution in [0.2, 0.25) is 0 Å². The third-order valence-corrected chi connectivity index (χ3v) is 5.74. The molecule has 33 heavy (non-hydrogen) atoms. The number of fused-ring (bicyclic) bond motifs is 1. The first-order valence-electron chi connectivity index (χ1n) is 10.7. The van der Waals surface area contributed by atoms with Crippen molar-refractivity contribution in [1.82, 2.24) is 4.40 Å². The Balaban J connectivity index is 1.82. The van der Waals surface area contributed by atoms with Gasteiger partial charge < -0.3 is 9.14 Å². The van der Waals surface area contributed by atoms with Crippen LogP contribution in [0.25, 0.3) is 16.6 Å². The molecule has 5 rings (SSSR count). The van der Waals surface area contributed by atoms with Crippen LogP contribution in [0, 0.1) is 0 Å². The number of carbonyl (C=O) groups is 2. The summed E-state index contributed by atoms with van der Waals surface area (Å²) in [5.41, 5.74) is 4.23. The maximum absolute atomic E-state index is 13.9. The molecule has 0 bridgehead atoms. The number of methoxy groups -OCH3 is 1. The highest BCUT2D eigenvalue weighted by molar-refractivity contribution is 6.23. The largest absolute Gasteiger partial charge is 0.497 e. The van der Waals surface area contributed by atoms with Crippen molar-refractivity contribution in [3.63, 3.8) is 0 Å². The van der Waals surface area contributed by atoms with Crippen molar-refractivity contribution < 1.29 is 14.3 Å². The fourth-order valence-corrected chi connectivity index (χ4v) is 4.16. The zero-order valence-electron chi connectivity index (χ0n) is 18.1. The van der Waals surface area contributed by atoms with Gasteiger partial charge in [0.25, 0.3) is 0 Å². The number of hydrogen-bond acceptors (Lipinski definition) is 3. The minimum Gasteiger partial charge on any atom is -0.497 e. The summed E-state index contributed by atoms with van der Waals surface area (Å²) in [5.74, 6) is 0.395. The van der Waals surface area contributed by atoms with Crippen molar-refractivity contribution in [1.29, 1.82) is 0 Å². The van der Waals surface area contributed by atoms with Crippen molar-refractivity contribution in [3.05, 3.63) is 132 Å². The lowest BCUT2D eigenvalue weighted by Gasteiger charge is -2.09. The Kier molecular flexibility index (Phi) is 5.33. The van der Waals surface area contributed by atoms with E-state index in [4.69, 9.17) is 4.74 Å². The molecule has 0 saturated carbocycles. The van der Waals surface area contributed by atoms with Gasteiger partial charge in [-0.2, -0.15) is 0 Å². The molecule has 160 valence electrons. The zero-order valence-corrected chi connectivity index (χ0v) is 18.1. The third kappa shape index (κ3) is 3.62. The van der Waals surface area contributed by atoms with E-state index < -0.39 is 0 Å². The maximum Gasteiger partial charge on any atom is 0.210 e. The minimum atomic E-state index is -0.162. The zero-order chi connectivity index (χ0) is 22.8. The first-order valence-corrected chi connectivity index (χ1v) is 10.7. The van der Waals surface area contributed by atoms with Crippen molar-refractivity contribution in [2.45, 2.75) is 0 Å². The summed E-state index contributed by atoms with van der Waals surface area (Å²) in [4.78, 5) is 27.6. The van der Waals surface area contributed by atoms with Crippen LogP contribution in [-0.2, 0) is 0 Å². The first kappa shape index (κ1) is 20.5. The van der Waals surface area contributed by atoms with Gasteiger partial charge in [0.15, 0.2) is 5.78 Å². The van der Waals surface area contributed by atoms with Gasteiger partial charge >= 0.3 is 0 Å². The van der Waals surface area contributed by atoms with Gasteiger partial charge in [-0.15, -0.1) is 0 Å². The molecule has 0 amide bonds. The molecule has 0 fully saturated rings. The highest BCUT2D eigenvalue weighted by Gasteiger charge is 2.29. The average Bonchev–Trinajstić information content (AvgIpc) is 3.24. The molecule has 0 spiro atoms. The molecule has 2 aromatic heterocycles. The number of carbonyl (C=O) groups excluding carboxylic acids is 2. The van der Waals surface area contributed by atoms with E-state index in [1.54, 1.807) is 43.5 Å². The van der Waals surface area contributed by atoms with Gasteiger partial charge in [0.1, 0.15) is 11.4 Å². The number of hydrogen-bond donors (Lipinski definition) is 0. The number of nitrogens with zero attached hydrogens (tertiary/aromatic N) is 1. The predicted octanol–water partition coefficient (Wildman–Crippen LogP) is 6.08. The number of aromatic nitrogens is 1. The van der Waals surface area contributed by atoms with Crippen molar-refractivity contribution in [2.75, 3.05) is 7.11 Å². The SMILES string of the molecule is COc1ccc(C(=O)c2c(-c3ccccc3)c(C(=O)c3ccccc3)c3ccccn23)cc1. The second-order valence-corrected chi connectivity index (χ2v) is 7.67. The fraction of sp³-hybridized carbons (Fsp3) is 0.0345. The van der Waals surface area contributed by atoms with Crippen LogP contribution in [0.15, 0.2) is 109 Å². The van der Waals surface area contributed by atoms with E-state index in [-0.39, 0.29) is 11.6 Å². The van der Waals surface area contributed by atoms with Crippen LogP contribution < -0.4 is 4.74 Å². The lowest BCUT2D eigenvalue weighted by atomic mass is 9.92. The van der Waals surface area contributed by atoms with E-state index in [1.165, 1.54) is 0 Å². The molecule has 0 aliphatic rings. The number of benzene rings is 3. The highest BCUT2D eigenvalue weighted by Crippen LogP contribution is 2.36. The first-order chi connectivity index (χ1) is 16.2. The molecule has 2 heterocycles. The summed E-state index contributed by atoms with van der Waals surface area (Å²) < 4.78 is 7.07. The van der Waals surface area contributed by atoms with Gasteiger partial charge in [-0.3, -0.25) is 9.59 Å². The van der Waals surface area contributed by atoms with E-state index in [0.717, 1.165) is 5.56 Å². The van der Waals surface area contributed by atoms with E-state index in [2.05, 4.69) is 0 Å². The van der Waals surface area contributed by atoms with Crippen molar-refractivity contribution in [3.8, 4) is 16.9 Å². The molecule has 0 unspecified atom stereocenters. The quantitative estimate of drug-likeness (QED) is 0.306. The Bertz CT molecular complexity index is 1450. The molecule has 0 saturated heterocycles. The Labute approximate surface area is 191 Å². The maximum atomic E-state index is 13.9. The van der Waals surface area contributed by atoms with E-state index in [9.17, 15) is 9.59 Å².